The van der Waals surface area contributed by atoms with Crippen molar-refractivity contribution in [3.8, 4) is 5.75 Å². The van der Waals surface area contributed by atoms with Crippen LogP contribution >= 0.6 is 0 Å². The van der Waals surface area contributed by atoms with Crippen LogP contribution in [-0.2, 0) is 0 Å². The van der Waals surface area contributed by atoms with E-state index < -0.39 is 0 Å². The van der Waals surface area contributed by atoms with Crippen molar-refractivity contribution >= 4 is 27.8 Å². The summed E-state index contributed by atoms with van der Waals surface area (Å²) in [4.78, 5) is 26.2. The Morgan fingerprint density at radius 3 is 2.93 bits per heavy atom. The third kappa shape index (κ3) is 2.81. The van der Waals surface area contributed by atoms with Crippen molar-refractivity contribution in [3.63, 3.8) is 0 Å². The van der Waals surface area contributed by atoms with Gasteiger partial charge in [0.15, 0.2) is 0 Å². The molecule has 2 N–H and O–H groups in total. The minimum Gasteiger partial charge on any atom is -0.496 e. The number of amides is 1. The summed E-state index contributed by atoms with van der Waals surface area (Å²) in [6.45, 7) is 1.48. The monoisotopic (exact) mass is 374 g/mol. The molecule has 1 aromatic carbocycles. The van der Waals surface area contributed by atoms with Crippen LogP contribution in [-0.4, -0.2) is 46.0 Å². The van der Waals surface area contributed by atoms with Crippen molar-refractivity contribution < 1.29 is 9.53 Å². The summed E-state index contributed by atoms with van der Waals surface area (Å²) in [5.74, 6) is 1.11. The molecule has 0 aliphatic carbocycles. The van der Waals surface area contributed by atoms with Crippen LogP contribution in [0.15, 0.2) is 48.7 Å². The van der Waals surface area contributed by atoms with Crippen LogP contribution in [0.2, 0.25) is 0 Å². The van der Waals surface area contributed by atoms with Crippen molar-refractivity contribution in [2.45, 2.75) is 18.8 Å². The van der Waals surface area contributed by atoms with Gasteiger partial charge in [-0.3, -0.25) is 9.78 Å². The Bertz CT molecular complexity index is 1130. The van der Waals surface area contributed by atoms with E-state index in [-0.39, 0.29) is 5.91 Å². The number of benzene rings is 1. The number of aromatic amines is 2. The van der Waals surface area contributed by atoms with E-state index in [2.05, 4.69) is 21.0 Å². The molecule has 1 fully saturated rings. The lowest BCUT2D eigenvalue weighted by molar-refractivity contribution is 0.0701. The molecule has 1 atom stereocenters. The van der Waals surface area contributed by atoms with Crippen molar-refractivity contribution in [1.82, 2.24) is 19.9 Å². The van der Waals surface area contributed by atoms with E-state index in [4.69, 9.17) is 4.74 Å². The number of likely N-dealkylation sites (tertiary alicyclic amines) is 1. The van der Waals surface area contributed by atoms with Gasteiger partial charge in [-0.2, -0.15) is 0 Å². The third-order valence-corrected chi connectivity index (χ3v) is 5.63. The highest BCUT2D eigenvalue weighted by molar-refractivity contribution is 5.99. The fraction of sp³-hybridized carbons (Fsp3) is 0.273. The molecule has 0 spiro atoms. The Labute approximate surface area is 162 Å². The van der Waals surface area contributed by atoms with Gasteiger partial charge in [0, 0.05) is 41.8 Å². The van der Waals surface area contributed by atoms with Gasteiger partial charge in [-0.25, -0.2) is 0 Å². The second kappa shape index (κ2) is 6.71. The molecule has 142 valence electrons. The first kappa shape index (κ1) is 16.9. The fourth-order valence-corrected chi connectivity index (χ4v) is 4.20. The SMILES string of the molecule is COc1cccc2[nH]c(C(=O)N3CCC[C@H](c4cc5ncccc5[nH]4)C3)cc12. The quantitative estimate of drug-likeness (QED) is 0.568. The van der Waals surface area contributed by atoms with Gasteiger partial charge < -0.3 is 19.6 Å². The van der Waals surface area contributed by atoms with E-state index in [9.17, 15) is 4.79 Å². The largest absolute Gasteiger partial charge is 0.496 e. The fourth-order valence-electron chi connectivity index (χ4n) is 4.20. The van der Waals surface area contributed by atoms with Crippen molar-refractivity contribution in [3.05, 3.63) is 60.0 Å². The normalized spacial score (nSPS) is 17.3. The second-order valence-electron chi connectivity index (χ2n) is 7.36. The van der Waals surface area contributed by atoms with Gasteiger partial charge in [-0.15, -0.1) is 0 Å². The summed E-state index contributed by atoms with van der Waals surface area (Å²) in [6.07, 6.45) is 3.86. The zero-order valence-electron chi connectivity index (χ0n) is 15.7. The number of piperidine rings is 1. The van der Waals surface area contributed by atoms with Gasteiger partial charge in [0.05, 0.1) is 18.1 Å². The summed E-state index contributed by atoms with van der Waals surface area (Å²) in [7, 11) is 1.65. The van der Waals surface area contributed by atoms with Gasteiger partial charge in [-0.05, 0) is 49.2 Å². The first-order chi connectivity index (χ1) is 13.7. The number of aromatic nitrogens is 3. The summed E-state index contributed by atoms with van der Waals surface area (Å²) in [6, 6.07) is 13.8. The second-order valence-corrected chi connectivity index (χ2v) is 7.36. The first-order valence-corrected chi connectivity index (χ1v) is 9.61. The number of nitrogens with zero attached hydrogens (tertiary/aromatic N) is 2. The van der Waals surface area contributed by atoms with Crippen LogP contribution in [0.1, 0.15) is 34.9 Å². The van der Waals surface area contributed by atoms with E-state index in [0.717, 1.165) is 52.8 Å². The smallest absolute Gasteiger partial charge is 0.270 e. The molecular formula is C22H22N4O2. The third-order valence-electron chi connectivity index (χ3n) is 5.63. The number of nitrogens with one attached hydrogen (secondary N) is 2. The van der Waals surface area contributed by atoms with E-state index >= 15 is 0 Å². The van der Waals surface area contributed by atoms with E-state index in [1.54, 1.807) is 13.3 Å². The molecule has 1 aliphatic rings. The highest BCUT2D eigenvalue weighted by Crippen LogP contribution is 2.30. The molecule has 28 heavy (non-hydrogen) atoms. The Morgan fingerprint density at radius 1 is 1.18 bits per heavy atom. The molecule has 6 nitrogen and oxygen atoms in total. The molecule has 0 saturated carbocycles. The summed E-state index contributed by atoms with van der Waals surface area (Å²) >= 11 is 0. The molecule has 1 aliphatic heterocycles. The number of carbonyl (C=O) groups excluding carboxylic acids is 1. The van der Waals surface area contributed by atoms with Gasteiger partial charge in [0.25, 0.3) is 5.91 Å². The first-order valence-electron chi connectivity index (χ1n) is 9.61. The lowest BCUT2D eigenvalue weighted by Gasteiger charge is -2.32. The van der Waals surface area contributed by atoms with Crippen LogP contribution < -0.4 is 4.74 Å². The maximum absolute atomic E-state index is 13.1. The molecule has 5 rings (SSSR count). The Hall–Kier alpha value is -3.28. The van der Waals surface area contributed by atoms with E-state index in [0.29, 0.717) is 18.2 Å². The maximum atomic E-state index is 13.1. The standard InChI is InChI=1S/C22H22N4O2/c1-28-21-8-2-6-16-15(21)11-20(24-16)22(27)26-10-4-5-14(13-26)18-12-19-17(25-18)7-3-9-23-19/h2-3,6-9,11-12,14,24-25H,4-5,10,13H2,1H3/t14-/m0/s1. The number of hydrogen-bond acceptors (Lipinski definition) is 3. The predicted octanol–water partition coefficient (Wildman–Crippen LogP) is 4.07. The van der Waals surface area contributed by atoms with Gasteiger partial charge in [-0.1, -0.05) is 6.07 Å². The van der Waals surface area contributed by atoms with Crippen LogP contribution in [0.5, 0.6) is 5.75 Å². The zero-order chi connectivity index (χ0) is 19.1. The summed E-state index contributed by atoms with van der Waals surface area (Å²) in [5.41, 5.74) is 4.70. The number of H-pyrrole nitrogens is 2. The van der Waals surface area contributed by atoms with Crippen molar-refractivity contribution in [2.75, 3.05) is 20.2 Å². The number of pyridine rings is 1. The lowest BCUT2D eigenvalue weighted by atomic mass is 9.94. The minimum absolute atomic E-state index is 0.0391. The molecule has 0 radical (unpaired) electrons. The summed E-state index contributed by atoms with van der Waals surface area (Å²) < 4.78 is 5.41. The average Bonchev–Trinajstić information content (AvgIpc) is 3.37. The molecule has 0 unspecified atom stereocenters. The Morgan fingerprint density at radius 2 is 2.07 bits per heavy atom. The van der Waals surface area contributed by atoms with Gasteiger partial charge >= 0.3 is 0 Å². The average molecular weight is 374 g/mol. The molecule has 1 saturated heterocycles. The molecule has 6 heteroatoms. The van der Waals surface area contributed by atoms with E-state index in [1.807, 2.05) is 41.3 Å². The van der Waals surface area contributed by atoms with Crippen molar-refractivity contribution in [2.24, 2.45) is 0 Å². The van der Waals surface area contributed by atoms with Crippen molar-refractivity contribution in [1.29, 1.82) is 0 Å². The number of ether oxygens (including phenoxy) is 1. The number of methoxy groups -OCH3 is 1. The minimum atomic E-state index is 0.0391. The van der Waals surface area contributed by atoms with Crippen LogP contribution in [0.25, 0.3) is 21.9 Å². The summed E-state index contributed by atoms with van der Waals surface area (Å²) in [5, 5.41) is 0.934. The van der Waals surface area contributed by atoms with Gasteiger partial charge in [0.1, 0.15) is 11.4 Å². The number of fused-ring (bicyclic) bond motifs is 2. The molecule has 4 heterocycles. The molecule has 3 aromatic heterocycles. The van der Waals surface area contributed by atoms with Crippen LogP contribution in [0.3, 0.4) is 0 Å². The van der Waals surface area contributed by atoms with Gasteiger partial charge in [0.2, 0.25) is 0 Å². The molecule has 0 bridgehead atoms. The lowest BCUT2D eigenvalue weighted by Crippen LogP contribution is -2.39. The highest BCUT2D eigenvalue weighted by atomic mass is 16.5. The predicted molar refractivity (Wildman–Crippen MR) is 109 cm³/mol. The number of carbonyl (C=O) groups is 1. The number of hydrogen-bond donors (Lipinski definition) is 2. The molecule has 4 aromatic rings. The molecular weight excluding hydrogens is 352 g/mol. The topological polar surface area (TPSA) is 74.0 Å². The number of rotatable bonds is 3. The van der Waals surface area contributed by atoms with Crippen LogP contribution in [0.4, 0.5) is 0 Å². The van der Waals surface area contributed by atoms with Crippen LogP contribution in [0, 0.1) is 0 Å². The Balaban J connectivity index is 1.40. The Kier molecular flexibility index (Phi) is 4.04. The van der Waals surface area contributed by atoms with E-state index in [1.165, 1.54) is 0 Å². The maximum Gasteiger partial charge on any atom is 0.270 e. The zero-order valence-corrected chi connectivity index (χ0v) is 15.7. The highest BCUT2D eigenvalue weighted by Gasteiger charge is 2.27. The molecule has 1 amide bonds.